The molecule has 0 aliphatic heterocycles. The van der Waals surface area contributed by atoms with Gasteiger partial charge in [0.15, 0.2) is 5.96 Å². The highest BCUT2D eigenvalue weighted by Crippen LogP contribution is 2.45. The number of nitrogens with zero attached hydrogens (tertiary/aromatic N) is 2. The van der Waals surface area contributed by atoms with Crippen LogP contribution in [-0.2, 0) is 4.74 Å². The van der Waals surface area contributed by atoms with Crippen LogP contribution in [0.3, 0.4) is 0 Å². The second-order valence-corrected chi connectivity index (χ2v) is 6.58. The number of hydrogen-bond donors (Lipinski definition) is 1. The van der Waals surface area contributed by atoms with Gasteiger partial charge in [0.1, 0.15) is 0 Å². The number of aliphatic imine (C=N–C) groups is 1. The molecule has 0 radical (unpaired) electrons. The van der Waals surface area contributed by atoms with E-state index >= 15 is 0 Å². The molecule has 0 heterocycles. The molecule has 18 heavy (non-hydrogen) atoms. The van der Waals surface area contributed by atoms with Crippen molar-refractivity contribution >= 4 is 5.96 Å². The minimum Gasteiger partial charge on any atom is -0.375 e. The zero-order valence-corrected chi connectivity index (χ0v) is 12.3. The van der Waals surface area contributed by atoms with Gasteiger partial charge in [-0.05, 0) is 33.1 Å². The topological polar surface area (TPSA) is 50.9 Å². The van der Waals surface area contributed by atoms with Gasteiger partial charge >= 0.3 is 0 Å². The van der Waals surface area contributed by atoms with Crippen LogP contribution < -0.4 is 5.73 Å². The first-order chi connectivity index (χ1) is 8.32. The summed E-state index contributed by atoms with van der Waals surface area (Å²) in [5.74, 6) is 0.693. The lowest BCUT2D eigenvalue weighted by Gasteiger charge is -2.50. The number of guanidine groups is 1. The molecule has 0 aromatic carbocycles. The minimum absolute atomic E-state index is 0.0965. The average molecular weight is 253 g/mol. The van der Waals surface area contributed by atoms with Crippen LogP contribution in [0.2, 0.25) is 0 Å². The van der Waals surface area contributed by atoms with Crippen LogP contribution in [-0.4, -0.2) is 42.2 Å². The maximum atomic E-state index is 6.07. The maximum Gasteiger partial charge on any atom is 0.191 e. The van der Waals surface area contributed by atoms with Crippen LogP contribution in [0.15, 0.2) is 4.99 Å². The molecule has 104 valence electrons. The zero-order valence-electron chi connectivity index (χ0n) is 12.3. The first-order valence-electron chi connectivity index (χ1n) is 7.04. The molecule has 2 saturated carbocycles. The Morgan fingerprint density at radius 1 is 1.39 bits per heavy atom. The summed E-state index contributed by atoms with van der Waals surface area (Å²) in [5, 5.41) is 0. The van der Waals surface area contributed by atoms with Crippen LogP contribution in [0.1, 0.15) is 47.0 Å². The van der Waals surface area contributed by atoms with E-state index in [1.165, 1.54) is 12.8 Å². The lowest BCUT2D eigenvalue weighted by molar-refractivity contribution is -0.129. The largest absolute Gasteiger partial charge is 0.375 e. The Balaban J connectivity index is 1.93. The lowest BCUT2D eigenvalue weighted by Crippen LogP contribution is -2.55. The quantitative estimate of drug-likeness (QED) is 0.616. The van der Waals surface area contributed by atoms with Crippen molar-refractivity contribution in [3.63, 3.8) is 0 Å². The third kappa shape index (κ3) is 2.63. The van der Waals surface area contributed by atoms with Crippen LogP contribution in [0.25, 0.3) is 0 Å². The van der Waals surface area contributed by atoms with Gasteiger partial charge in [-0.1, -0.05) is 13.8 Å². The summed E-state index contributed by atoms with van der Waals surface area (Å²) in [6.07, 6.45) is 4.08. The number of nitrogens with two attached hydrogens (primary N) is 1. The van der Waals surface area contributed by atoms with Gasteiger partial charge in [0, 0.05) is 18.5 Å². The molecule has 2 fully saturated rings. The standard InChI is InChI=1S/C14H27N3O/c1-9(2)18-12-8-11(14(12,3)4)16-13(15)17(5)10-6-7-10/h9-12H,6-8H2,1-5H3,(H2,15,16). The van der Waals surface area contributed by atoms with E-state index in [0.717, 1.165) is 6.42 Å². The Kier molecular flexibility index (Phi) is 3.58. The zero-order chi connectivity index (χ0) is 13.5. The van der Waals surface area contributed by atoms with Gasteiger partial charge in [0.25, 0.3) is 0 Å². The van der Waals surface area contributed by atoms with E-state index in [0.29, 0.717) is 24.1 Å². The van der Waals surface area contributed by atoms with Crippen molar-refractivity contribution in [2.75, 3.05) is 7.05 Å². The predicted molar refractivity (Wildman–Crippen MR) is 74.6 cm³/mol. The summed E-state index contributed by atoms with van der Waals surface area (Å²) in [7, 11) is 2.05. The summed E-state index contributed by atoms with van der Waals surface area (Å²) in [4.78, 5) is 6.81. The first-order valence-corrected chi connectivity index (χ1v) is 7.04. The summed E-state index contributed by atoms with van der Waals surface area (Å²) in [6, 6.07) is 0.919. The van der Waals surface area contributed by atoms with Crippen LogP contribution >= 0.6 is 0 Å². The molecule has 0 amide bonds. The highest BCUT2D eigenvalue weighted by atomic mass is 16.5. The molecule has 0 aromatic rings. The highest BCUT2D eigenvalue weighted by molar-refractivity contribution is 5.78. The molecule has 2 aliphatic carbocycles. The van der Waals surface area contributed by atoms with E-state index in [9.17, 15) is 0 Å². The van der Waals surface area contributed by atoms with E-state index in [4.69, 9.17) is 15.5 Å². The maximum absolute atomic E-state index is 6.07. The van der Waals surface area contributed by atoms with Crippen LogP contribution in [0.4, 0.5) is 0 Å². The Labute approximate surface area is 111 Å². The minimum atomic E-state index is 0.0965. The molecule has 2 aliphatic rings. The van der Waals surface area contributed by atoms with Gasteiger partial charge in [-0.15, -0.1) is 0 Å². The van der Waals surface area contributed by atoms with E-state index in [1.807, 2.05) is 7.05 Å². The van der Waals surface area contributed by atoms with E-state index in [1.54, 1.807) is 0 Å². The van der Waals surface area contributed by atoms with E-state index in [2.05, 4.69) is 32.6 Å². The van der Waals surface area contributed by atoms with Crippen molar-refractivity contribution in [1.82, 2.24) is 4.90 Å². The molecule has 2 unspecified atom stereocenters. The molecule has 0 bridgehead atoms. The van der Waals surface area contributed by atoms with Crippen molar-refractivity contribution in [1.29, 1.82) is 0 Å². The second-order valence-electron chi connectivity index (χ2n) is 6.58. The summed E-state index contributed by atoms with van der Waals surface area (Å²) in [6.45, 7) is 8.62. The smallest absolute Gasteiger partial charge is 0.191 e. The lowest BCUT2D eigenvalue weighted by atomic mass is 9.64. The van der Waals surface area contributed by atoms with Crippen molar-refractivity contribution in [2.45, 2.75) is 71.2 Å². The van der Waals surface area contributed by atoms with Gasteiger partial charge in [0.05, 0.1) is 18.2 Å². The number of rotatable bonds is 4. The summed E-state index contributed by atoms with van der Waals surface area (Å²) < 4.78 is 5.91. The highest BCUT2D eigenvalue weighted by Gasteiger charge is 2.49. The summed E-state index contributed by atoms with van der Waals surface area (Å²) in [5.41, 5.74) is 6.17. The first kappa shape index (κ1) is 13.7. The average Bonchev–Trinajstić information content (AvgIpc) is 3.09. The van der Waals surface area contributed by atoms with Gasteiger partial charge in [0.2, 0.25) is 0 Å². The van der Waals surface area contributed by atoms with Crippen LogP contribution in [0, 0.1) is 5.41 Å². The third-order valence-electron chi connectivity index (χ3n) is 4.31. The Bertz CT molecular complexity index is 334. The van der Waals surface area contributed by atoms with E-state index in [-0.39, 0.29) is 11.5 Å². The third-order valence-corrected chi connectivity index (χ3v) is 4.31. The molecule has 0 saturated heterocycles. The molecule has 0 spiro atoms. The molecule has 0 aromatic heterocycles. The van der Waals surface area contributed by atoms with Crippen molar-refractivity contribution < 1.29 is 4.74 Å². The second kappa shape index (κ2) is 4.72. The van der Waals surface area contributed by atoms with Crippen molar-refractivity contribution in [3.8, 4) is 0 Å². The molecule has 2 atom stereocenters. The van der Waals surface area contributed by atoms with Crippen molar-refractivity contribution in [2.24, 2.45) is 16.1 Å². The van der Waals surface area contributed by atoms with Crippen molar-refractivity contribution in [3.05, 3.63) is 0 Å². The number of hydrogen-bond acceptors (Lipinski definition) is 2. The molecule has 4 nitrogen and oxygen atoms in total. The Morgan fingerprint density at radius 3 is 2.44 bits per heavy atom. The number of ether oxygens (including phenoxy) is 1. The Morgan fingerprint density at radius 2 is 2.00 bits per heavy atom. The SMILES string of the molecule is CC(C)OC1CC(N=C(N)N(C)C2CC2)C1(C)C. The van der Waals surface area contributed by atoms with E-state index < -0.39 is 0 Å². The molecule has 2 rings (SSSR count). The van der Waals surface area contributed by atoms with Gasteiger partial charge in [-0.3, -0.25) is 0 Å². The Hall–Kier alpha value is -0.770. The fourth-order valence-corrected chi connectivity index (χ4v) is 2.54. The van der Waals surface area contributed by atoms with Gasteiger partial charge in [-0.25, -0.2) is 4.99 Å². The normalized spacial score (nSPS) is 31.3. The molecule has 2 N–H and O–H groups in total. The van der Waals surface area contributed by atoms with Gasteiger partial charge in [-0.2, -0.15) is 0 Å². The predicted octanol–water partition coefficient (Wildman–Crippen LogP) is 1.99. The van der Waals surface area contributed by atoms with Crippen LogP contribution in [0.5, 0.6) is 0 Å². The fourth-order valence-electron chi connectivity index (χ4n) is 2.54. The molecular formula is C14H27N3O. The monoisotopic (exact) mass is 253 g/mol. The summed E-state index contributed by atoms with van der Waals surface area (Å²) >= 11 is 0. The van der Waals surface area contributed by atoms with Gasteiger partial charge < -0.3 is 15.4 Å². The molecular weight excluding hydrogens is 226 g/mol. The fraction of sp³-hybridized carbons (Fsp3) is 0.929. The molecule has 4 heteroatoms.